The molecule has 7 rings (SSSR count). The Kier molecular flexibility index (Phi) is 18.0. The van der Waals surface area contributed by atoms with Crippen molar-refractivity contribution in [1.29, 1.82) is 0 Å². The number of carbonyl (C=O) groups is 4. The number of primary amides is 1. The van der Waals surface area contributed by atoms with E-state index in [9.17, 15) is 46.2 Å². The number of anilines is 1. The molecule has 77 heavy (non-hydrogen) atoms. The van der Waals surface area contributed by atoms with Crippen LogP contribution in [0.3, 0.4) is 0 Å². The predicted molar refractivity (Wildman–Crippen MR) is 265 cm³/mol. The van der Waals surface area contributed by atoms with Crippen molar-refractivity contribution in [3.63, 3.8) is 0 Å². The van der Waals surface area contributed by atoms with E-state index in [2.05, 4.69) is 35.6 Å². The first-order valence-electron chi connectivity index (χ1n) is 24.9. The van der Waals surface area contributed by atoms with Crippen LogP contribution < -0.4 is 31.9 Å². The van der Waals surface area contributed by atoms with Crippen LogP contribution in [-0.4, -0.2) is 156 Å². The van der Waals surface area contributed by atoms with Gasteiger partial charge in [0.25, 0.3) is 6.43 Å². The van der Waals surface area contributed by atoms with Gasteiger partial charge >= 0.3 is 18.4 Å². The molecule has 0 radical (unpaired) electrons. The average molecular weight is 1090 g/mol. The number of methoxy groups -OCH3 is 2. The molecular weight excluding hydrogens is 1030 g/mol. The van der Waals surface area contributed by atoms with Crippen LogP contribution in [0.25, 0.3) is 22.4 Å². The normalized spacial score (nSPS) is 18.8. The highest BCUT2D eigenvalue weighted by atomic mass is 19.4. The number of nitrogens with one attached hydrogen (secondary N) is 4. The lowest BCUT2D eigenvalue weighted by molar-refractivity contribution is -0.220. The molecular formula is C51H64F7N11O8. The first-order chi connectivity index (χ1) is 36.3. The number of halogens is 7. The molecule has 4 amide bonds. The number of piperazine rings is 1. The average Bonchev–Trinajstić information content (AvgIpc) is 3.92. The van der Waals surface area contributed by atoms with E-state index in [1.54, 1.807) is 44.3 Å². The lowest BCUT2D eigenvalue weighted by atomic mass is 9.78. The summed E-state index contributed by atoms with van der Waals surface area (Å²) >= 11 is 0. The Balaban J connectivity index is 1.16. The number of hydrogen-bond acceptors (Lipinski definition) is 14. The largest absolute Gasteiger partial charge is 0.453 e. The molecule has 420 valence electrons. The minimum absolute atomic E-state index is 0.0317. The molecule has 6 atom stereocenters. The van der Waals surface area contributed by atoms with Gasteiger partial charge in [0.2, 0.25) is 17.8 Å². The molecule has 2 aromatic carbocycles. The Labute approximate surface area is 439 Å². The Morgan fingerprint density at radius 1 is 0.870 bits per heavy atom. The van der Waals surface area contributed by atoms with Gasteiger partial charge in [0, 0.05) is 67.3 Å². The zero-order chi connectivity index (χ0) is 56.1. The highest BCUT2D eigenvalue weighted by molar-refractivity contribution is 5.87. The Bertz CT molecular complexity index is 2710. The van der Waals surface area contributed by atoms with E-state index in [1.165, 1.54) is 12.3 Å². The summed E-state index contributed by atoms with van der Waals surface area (Å²) in [5, 5.41) is 25.3. The molecule has 26 heteroatoms. The summed E-state index contributed by atoms with van der Waals surface area (Å²) in [5.74, 6) is -3.77. The predicted octanol–water partition coefficient (Wildman–Crippen LogP) is 4.87. The van der Waals surface area contributed by atoms with Crippen LogP contribution in [0, 0.1) is 22.5 Å². The summed E-state index contributed by atoms with van der Waals surface area (Å²) in [7, 11) is 2.06. The minimum Gasteiger partial charge on any atom is -0.453 e. The van der Waals surface area contributed by atoms with Crippen LogP contribution in [0.1, 0.15) is 57.4 Å². The third-order valence-electron chi connectivity index (χ3n) is 14.6. The van der Waals surface area contributed by atoms with E-state index < -0.39 is 108 Å². The zero-order valence-corrected chi connectivity index (χ0v) is 43.3. The molecule has 19 nitrogen and oxygen atoms in total. The number of aliphatic hydroxyl groups excluding tert-OH is 1. The van der Waals surface area contributed by atoms with E-state index in [4.69, 9.17) is 25.2 Å². The van der Waals surface area contributed by atoms with Gasteiger partial charge < -0.3 is 51.2 Å². The molecule has 3 saturated heterocycles. The summed E-state index contributed by atoms with van der Waals surface area (Å²) in [6, 6.07) is 5.90. The number of ether oxygens (including phenoxy) is 3. The molecule has 7 N–H and O–H groups in total. The molecule has 2 aromatic heterocycles. The number of carbonyl (C=O) groups excluding carboxylic acids is 4. The lowest BCUT2D eigenvalue weighted by Crippen LogP contribution is -2.62. The SMILES string of the molecule is COC(=O)NC(C(N)=O)C(C)(C)Cc1nc(N2CC3CCC(C2)N3C2COC2)ncc1-c1ccc(CC(NC(=O)C(NC(=O)OC)C(C)(C)C(F)(F)F)C(O)CNCc2c(F)cc(-c3ccn(CC(F)F)n3)cc2F)cc1. The minimum atomic E-state index is -5.04. The fourth-order valence-electron chi connectivity index (χ4n) is 10.1. The van der Waals surface area contributed by atoms with Crippen LogP contribution in [0.5, 0.6) is 0 Å². The van der Waals surface area contributed by atoms with Crippen molar-refractivity contribution in [3.8, 4) is 22.4 Å². The Morgan fingerprint density at radius 3 is 2.03 bits per heavy atom. The van der Waals surface area contributed by atoms with Gasteiger partial charge in [-0.25, -0.2) is 37.1 Å². The summed E-state index contributed by atoms with van der Waals surface area (Å²) in [4.78, 5) is 66.1. The fraction of sp³-hybridized carbons (Fsp3) is 0.549. The molecule has 3 aliphatic rings. The lowest BCUT2D eigenvalue weighted by Gasteiger charge is -2.47. The van der Waals surface area contributed by atoms with Gasteiger partial charge in [0.05, 0.1) is 62.4 Å². The molecule has 6 unspecified atom stereocenters. The fourth-order valence-corrected chi connectivity index (χ4v) is 10.1. The van der Waals surface area contributed by atoms with Crippen molar-refractivity contribution in [2.45, 2.75) is 121 Å². The van der Waals surface area contributed by atoms with Gasteiger partial charge in [-0.15, -0.1) is 0 Å². The number of fused-ring (bicyclic) bond motifs is 2. The van der Waals surface area contributed by atoms with Gasteiger partial charge in [-0.3, -0.25) is 19.2 Å². The summed E-state index contributed by atoms with van der Waals surface area (Å²) in [5.41, 5.74) is 3.47. The van der Waals surface area contributed by atoms with E-state index in [0.29, 0.717) is 74.5 Å². The highest BCUT2D eigenvalue weighted by Crippen LogP contribution is 2.41. The second kappa shape index (κ2) is 23.9. The number of alkyl carbamates (subject to hydrolysis) is 2. The maximum absolute atomic E-state index is 15.4. The number of rotatable bonds is 22. The number of aromatic nitrogens is 4. The number of benzene rings is 2. The van der Waals surface area contributed by atoms with Crippen molar-refractivity contribution in [2.24, 2.45) is 16.6 Å². The molecule has 0 aliphatic carbocycles. The van der Waals surface area contributed by atoms with Crippen molar-refractivity contribution < 1.29 is 69.2 Å². The van der Waals surface area contributed by atoms with Crippen LogP contribution in [0.15, 0.2) is 54.9 Å². The van der Waals surface area contributed by atoms with E-state index in [1.807, 2.05) is 5.32 Å². The maximum atomic E-state index is 15.4. The number of aliphatic hydroxyl groups is 1. The van der Waals surface area contributed by atoms with E-state index in [-0.39, 0.29) is 36.2 Å². The maximum Gasteiger partial charge on any atom is 0.407 e. The second-order valence-electron chi connectivity index (χ2n) is 20.8. The number of nitrogens with two attached hydrogens (primary N) is 1. The standard InChI is InChI=1S/C51H64F7N11O8/c1-49(2,42(44(59)71)64-47(73)75-5)18-39-33(20-61-46(63-39)67-22-30-11-12-31(23-67)69(30)32-25-77-26-32)28-9-7-27(8-10-28)15-38(62-45(72)43(65-48(74)76-6)50(3,4)51(56,57)58)40(70)21-60-19-34-35(52)16-29(17-36(34)53)37-13-14-68(66-37)24-41(54)55/h7-10,13-14,16-17,20,30-32,38,40-43,60,70H,11-12,15,18-19,21-26H2,1-6H3,(H2,59,71)(H,62,72)(H,64,73)(H,65,74). The quantitative estimate of drug-likeness (QED) is 0.0576. The van der Waals surface area contributed by atoms with Crippen molar-refractivity contribution >= 4 is 29.9 Å². The second-order valence-corrected chi connectivity index (χ2v) is 20.8. The molecule has 0 spiro atoms. The molecule has 5 heterocycles. The van der Waals surface area contributed by atoms with Crippen molar-refractivity contribution in [1.82, 2.24) is 45.9 Å². The Hall–Kier alpha value is -6.64. The topological polar surface area (TPSA) is 240 Å². The van der Waals surface area contributed by atoms with Gasteiger partial charge in [-0.05, 0) is 74.3 Å². The number of amides is 4. The molecule has 3 fully saturated rings. The summed E-state index contributed by atoms with van der Waals surface area (Å²) in [6.07, 6.45) is -6.84. The number of hydrogen-bond donors (Lipinski definition) is 6. The molecule has 2 bridgehead atoms. The van der Waals surface area contributed by atoms with Gasteiger partial charge in [0.1, 0.15) is 30.3 Å². The molecule has 3 aliphatic heterocycles. The van der Waals surface area contributed by atoms with Crippen LogP contribution >= 0.6 is 0 Å². The number of nitrogens with zero attached hydrogens (tertiary/aromatic N) is 6. The first-order valence-corrected chi connectivity index (χ1v) is 24.9. The van der Waals surface area contributed by atoms with Crippen molar-refractivity contribution in [2.75, 3.05) is 52.0 Å². The highest BCUT2D eigenvalue weighted by Gasteiger charge is 2.56. The third kappa shape index (κ3) is 13.6. The van der Waals surface area contributed by atoms with E-state index >= 15 is 8.78 Å². The zero-order valence-electron chi connectivity index (χ0n) is 43.3. The molecule has 4 aromatic rings. The van der Waals surface area contributed by atoms with Gasteiger partial charge in [-0.2, -0.15) is 18.3 Å². The first kappa shape index (κ1) is 58.1. The molecule has 0 saturated carbocycles. The van der Waals surface area contributed by atoms with Crippen LogP contribution in [0.4, 0.5) is 46.3 Å². The van der Waals surface area contributed by atoms with Crippen LogP contribution in [0.2, 0.25) is 0 Å². The smallest absolute Gasteiger partial charge is 0.407 e. The summed E-state index contributed by atoms with van der Waals surface area (Å²) in [6.45, 7) is 5.88. The third-order valence-corrected chi connectivity index (χ3v) is 14.6. The van der Waals surface area contributed by atoms with E-state index in [0.717, 1.165) is 43.9 Å². The van der Waals surface area contributed by atoms with Gasteiger partial charge in [0.15, 0.2) is 0 Å². The van der Waals surface area contributed by atoms with Crippen LogP contribution in [-0.2, 0) is 49.7 Å². The monoisotopic (exact) mass is 1090 g/mol. The number of alkyl halides is 5. The van der Waals surface area contributed by atoms with Crippen molar-refractivity contribution in [3.05, 3.63) is 83.3 Å². The van der Waals surface area contributed by atoms with Gasteiger partial charge in [-0.1, -0.05) is 38.1 Å². The Morgan fingerprint density at radius 2 is 1.48 bits per heavy atom. The summed E-state index contributed by atoms with van der Waals surface area (Å²) < 4.78 is 116.